The molecule has 1 aromatic carbocycles. The lowest BCUT2D eigenvalue weighted by molar-refractivity contribution is 0.101. The Morgan fingerprint density at radius 1 is 1.25 bits per heavy atom. The van der Waals surface area contributed by atoms with Gasteiger partial charge in [0.15, 0.2) is 5.13 Å². The summed E-state index contributed by atoms with van der Waals surface area (Å²) in [6.07, 6.45) is 2.40. The van der Waals surface area contributed by atoms with E-state index in [0.717, 1.165) is 32.4 Å². The van der Waals surface area contributed by atoms with Crippen LogP contribution >= 0.6 is 22.9 Å². The van der Waals surface area contributed by atoms with Crippen LogP contribution in [0.3, 0.4) is 0 Å². The van der Waals surface area contributed by atoms with Crippen LogP contribution in [-0.4, -0.2) is 30.5 Å². The molecule has 7 nitrogen and oxygen atoms in total. The van der Waals surface area contributed by atoms with Gasteiger partial charge in [0.2, 0.25) is 5.82 Å². The quantitative estimate of drug-likeness (QED) is 0.547. The largest absolute Gasteiger partial charge is 0.297 e. The number of aromatic nitrogens is 5. The molecule has 0 spiro atoms. The lowest BCUT2D eigenvalue weighted by Gasteiger charge is -2.04. The number of nitrogens with zero attached hydrogens (tertiary/aromatic N) is 5. The maximum atomic E-state index is 12.5. The smallest absolute Gasteiger partial charge is 0.295 e. The second kappa shape index (κ2) is 7.29. The van der Waals surface area contributed by atoms with Crippen molar-refractivity contribution >= 4 is 39.8 Å². The molecule has 1 amide bonds. The van der Waals surface area contributed by atoms with Crippen LogP contribution in [0, 0.1) is 20.8 Å². The molecule has 4 aromatic rings. The minimum Gasteiger partial charge on any atom is -0.295 e. The van der Waals surface area contributed by atoms with E-state index in [1.807, 2.05) is 45.0 Å². The van der Waals surface area contributed by atoms with E-state index >= 15 is 0 Å². The fourth-order valence-electron chi connectivity index (χ4n) is 2.89. The van der Waals surface area contributed by atoms with Crippen LogP contribution in [0.1, 0.15) is 38.0 Å². The fraction of sp³-hybridized carbons (Fsp3) is 0.211. The van der Waals surface area contributed by atoms with Crippen molar-refractivity contribution in [3.05, 3.63) is 68.7 Å². The van der Waals surface area contributed by atoms with Crippen LogP contribution in [0.2, 0.25) is 5.02 Å². The highest BCUT2D eigenvalue weighted by atomic mass is 35.5. The van der Waals surface area contributed by atoms with E-state index in [4.69, 9.17) is 11.6 Å². The summed E-state index contributed by atoms with van der Waals surface area (Å²) in [5.41, 5.74) is 3.75. The molecular weight excluding hydrogens is 396 g/mol. The van der Waals surface area contributed by atoms with Gasteiger partial charge in [0.1, 0.15) is 0 Å². The monoisotopic (exact) mass is 412 g/mol. The summed E-state index contributed by atoms with van der Waals surface area (Å²) in [6, 6.07) is 7.83. The van der Waals surface area contributed by atoms with Crippen molar-refractivity contribution in [2.24, 2.45) is 0 Å². The number of rotatable bonds is 4. The predicted octanol–water partition coefficient (Wildman–Crippen LogP) is 4.00. The summed E-state index contributed by atoms with van der Waals surface area (Å²) in [7, 11) is 0. The molecule has 0 bridgehead atoms. The van der Waals surface area contributed by atoms with E-state index < -0.39 is 5.91 Å². The third kappa shape index (κ3) is 3.61. The van der Waals surface area contributed by atoms with Crippen LogP contribution < -0.4 is 5.32 Å². The van der Waals surface area contributed by atoms with Crippen molar-refractivity contribution in [1.82, 2.24) is 24.6 Å². The SMILES string of the molecule is Cc1cc(C)n2nc(C(=O)Nc3ncc(Cc4cccc(C)c4Cl)s3)nc2n1. The first-order valence-electron chi connectivity index (χ1n) is 8.62. The van der Waals surface area contributed by atoms with Gasteiger partial charge >= 0.3 is 0 Å². The molecule has 0 saturated carbocycles. The zero-order valence-corrected chi connectivity index (χ0v) is 17.1. The third-order valence-corrected chi connectivity index (χ3v) is 5.69. The molecule has 0 aliphatic rings. The van der Waals surface area contributed by atoms with Gasteiger partial charge in [-0.05, 0) is 38.0 Å². The Kier molecular flexibility index (Phi) is 4.82. The number of fused-ring (bicyclic) bond motifs is 1. The van der Waals surface area contributed by atoms with Gasteiger partial charge in [0, 0.05) is 33.9 Å². The van der Waals surface area contributed by atoms with Gasteiger partial charge in [-0.2, -0.15) is 4.98 Å². The number of amides is 1. The van der Waals surface area contributed by atoms with Gasteiger partial charge in [-0.15, -0.1) is 16.4 Å². The number of aryl methyl sites for hydroxylation is 3. The first-order chi connectivity index (χ1) is 13.4. The zero-order chi connectivity index (χ0) is 19.8. The molecule has 142 valence electrons. The van der Waals surface area contributed by atoms with Crippen LogP contribution in [-0.2, 0) is 6.42 Å². The van der Waals surface area contributed by atoms with E-state index in [1.165, 1.54) is 11.3 Å². The van der Waals surface area contributed by atoms with Gasteiger partial charge < -0.3 is 0 Å². The van der Waals surface area contributed by atoms with E-state index in [2.05, 4.69) is 25.4 Å². The van der Waals surface area contributed by atoms with Crippen molar-refractivity contribution < 1.29 is 4.79 Å². The van der Waals surface area contributed by atoms with Crippen LogP contribution in [0.4, 0.5) is 5.13 Å². The van der Waals surface area contributed by atoms with E-state index in [9.17, 15) is 4.79 Å². The Balaban J connectivity index is 1.51. The molecule has 9 heteroatoms. The van der Waals surface area contributed by atoms with Crippen molar-refractivity contribution in [2.45, 2.75) is 27.2 Å². The van der Waals surface area contributed by atoms with E-state index in [-0.39, 0.29) is 5.82 Å². The maximum absolute atomic E-state index is 12.5. The van der Waals surface area contributed by atoms with Crippen LogP contribution in [0.15, 0.2) is 30.5 Å². The number of hydrogen-bond donors (Lipinski definition) is 1. The molecule has 0 radical (unpaired) electrons. The molecule has 1 N–H and O–H groups in total. The Bertz CT molecular complexity index is 1200. The highest BCUT2D eigenvalue weighted by Crippen LogP contribution is 2.26. The second-order valence-corrected chi connectivity index (χ2v) is 7.99. The fourth-order valence-corrected chi connectivity index (χ4v) is 3.92. The number of thiazole rings is 1. The molecule has 0 atom stereocenters. The normalized spacial score (nSPS) is 11.1. The van der Waals surface area contributed by atoms with Crippen molar-refractivity contribution in [1.29, 1.82) is 0 Å². The number of carbonyl (C=O) groups is 1. The van der Waals surface area contributed by atoms with Gasteiger partial charge in [-0.1, -0.05) is 29.8 Å². The molecule has 4 rings (SSSR count). The van der Waals surface area contributed by atoms with Crippen LogP contribution in [0.5, 0.6) is 0 Å². The summed E-state index contributed by atoms with van der Waals surface area (Å²) in [4.78, 5) is 26.3. The molecule has 0 unspecified atom stereocenters. The molecular formula is C19H17ClN6OS. The minimum atomic E-state index is -0.419. The Morgan fingerprint density at radius 2 is 2.07 bits per heavy atom. The number of anilines is 1. The molecule has 0 fully saturated rings. The lowest BCUT2D eigenvalue weighted by atomic mass is 10.1. The van der Waals surface area contributed by atoms with Crippen molar-refractivity contribution in [3.8, 4) is 0 Å². The zero-order valence-electron chi connectivity index (χ0n) is 15.5. The number of nitrogens with one attached hydrogen (secondary N) is 1. The number of halogens is 1. The molecule has 0 aliphatic heterocycles. The standard InChI is InChI=1S/C19H17ClN6OS/c1-10-5-4-6-13(15(10)20)8-14-9-21-19(28-14)24-17(27)16-23-18-22-11(2)7-12(3)26(18)25-16/h4-7,9H,8H2,1-3H3,(H,21,24,27). The molecule has 0 aliphatic carbocycles. The molecule has 3 aromatic heterocycles. The minimum absolute atomic E-state index is 0.0553. The summed E-state index contributed by atoms with van der Waals surface area (Å²) < 4.78 is 1.55. The van der Waals surface area contributed by atoms with Gasteiger partial charge in [-0.3, -0.25) is 10.1 Å². The Labute approximate surface area is 170 Å². The van der Waals surface area contributed by atoms with Crippen LogP contribution in [0.25, 0.3) is 5.78 Å². The molecule has 3 heterocycles. The summed E-state index contributed by atoms with van der Waals surface area (Å²) >= 11 is 7.76. The van der Waals surface area contributed by atoms with E-state index in [1.54, 1.807) is 10.7 Å². The van der Waals surface area contributed by atoms with Gasteiger partial charge in [-0.25, -0.2) is 14.5 Å². The highest BCUT2D eigenvalue weighted by molar-refractivity contribution is 7.15. The number of benzene rings is 1. The Morgan fingerprint density at radius 3 is 2.89 bits per heavy atom. The average Bonchev–Trinajstić information content (AvgIpc) is 3.26. The summed E-state index contributed by atoms with van der Waals surface area (Å²) in [5, 5.41) is 8.24. The van der Waals surface area contributed by atoms with Gasteiger partial charge in [0.25, 0.3) is 11.7 Å². The predicted molar refractivity (Wildman–Crippen MR) is 109 cm³/mol. The molecule has 28 heavy (non-hydrogen) atoms. The van der Waals surface area contributed by atoms with Gasteiger partial charge in [0.05, 0.1) is 0 Å². The first kappa shape index (κ1) is 18.5. The lowest BCUT2D eigenvalue weighted by Crippen LogP contribution is -2.13. The third-order valence-electron chi connectivity index (χ3n) is 4.23. The number of hydrogen-bond acceptors (Lipinski definition) is 6. The van der Waals surface area contributed by atoms with Crippen molar-refractivity contribution in [2.75, 3.05) is 5.32 Å². The highest BCUT2D eigenvalue weighted by Gasteiger charge is 2.17. The topological polar surface area (TPSA) is 85.1 Å². The summed E-state index contributed by atoms with van der Waals surface area (Å²) in [5.74, 6) is 0.0355. The Hall–Kier alpha value is -2.84. The second-order valence-electron chi connectivity index (χ2n) is 6.50. The molecule has 0 saturated heterocycles. The average molecular weight is 413 g/mol. The number of carbonyl (C=O) groups excluding carboxylic acids is 1. The van der Waals surface area contributed by atoms with E-state index in [0.29, 0.717) is 17.3 Å². The van der Waals surface area contributed by atoms with Crippen molar-refractivity contribution in [3.63, 3.8) is 0 Å². The maximum Gasteiger partial charge on any atom is 0.297 e. The summed E-state index contributed by atoms with van der Waals surface area (Å²) in [6.45, 7) is 5.74. The first-order valence-corrected chi connectivity index (χ1v) is 9.81.